The number of halogens is 1. The predicted molar refractivity (Wildman–Crippen MR) is 124 cm³/mol. The first-order valence-electron chi connectivity index (χ1n) is 10.4. The van der Waals surface area contributed by atoms with Gasteiger partial charge in [0.25, 0.3) is 5.56 Å². The highest BCUT2D eigenvalue weighted by Gasteiger charge is 2.29. The Morgan fingerprint density at radius 1 is 1.26 bits per heavy atom. The SMILES string of the molecule is CCOc1ccc(C2CCCN2C(=O)CCn2c(=S)[nH]c3cc(Cl)ccc3c2=O)cc1. The molecule has 2 heterocycles. The molecule has 3 aromatic rings. The van der Waals surface area contributed by atoms with E-state index in [9.17, 15) is 9.59 Å². The number of aromatic nitrogens is 2. The highest BCUT2D eigenvalue weighted by atomic mass is 35.5. The minimum absolute atomic E-state index is 0.0221. The van der Waals surface area contributed by atoms with E-state index in [1.807, 2.05) is 36.1 Å². The molecule has 1 amide bonds. The maximum atomic E-state index is 13.0. The first kappa shape index (κ1) is 21.6. The van der Waals surface area contributed by atoms with Gasteiger partial charge in [-0.15, -0.1) is 0 Å². The number of nitrogens with zero attached hydrogens (tertiary/aromatic N) is 2. The van der Waals surface area contributed by atoms with Crippen molar-refractivity contribution < 1.29 is 9.53 Å². The molecule has 162 valence electrons. The molecule has 6 nitrogen and oxygen atoms in total. The zero-order valence-corrected chi connectivity index (χ0v) is 18.8. The van der Waals surface area contributed by atoms with E-state index in [-0.39, 0.29) is 35.2 Å². The minimum Gasteiger partial charge on any atom is -0.494 e. The van der Waals surface area contributed by atoms with Crippen LogP contribution in [0.15, 0.2) is 47.3 Å². The summed E-state index contributed by atoms with van der Waals surface area (Å²) < 4.78 is 7.25. The van der Waals surface area contributed by atoms with E-state index in [1.165, 1.54) is 4.57 Å². The van der Waals surface area contributed by atoms with Crippen LogP contribution in [0, 0.1) is 4.77 Å². The molecular weight excluding hydrogens is 434 g/mol. The van der Waals surface area contributed by atoms with Crippen molar-refractivity contribution in [1.29, 1.82) is 0 Å². The quantitative estimate of drug-likeness (QED) is 0.536. The monoisotopic (exact) mass is 457 g/mol. The van der Waals surface area contributed by atoms with E-state index >= 15 is 0 Å². The Bertz CT molecular complexity index is 1220. The third-order valence-corrected chi connectivity index (χ3v) is 6.20. The van der Waals surface area contributed by atoms with Crippen molar-refractivity contribution in [3.8, 4) is 5.75 Å². The van der Waals surface area contributed by atoms with Crippen molar-refractivity contribution in [1.82, 2.24) is 14.5 Å². The fourth-order valence-electron chi connectivity index (χ4n) is 4.15. The second-order valence-electron chi connectivity index (χ2n) is 7.57. The molecule has 1 fully saturated rings. The van der Waals surface area contributed by atoms with Crippen molar-refractivity contribution >= 4 is 40.6 Å². The molecule has 0 saturated carbocycles. The number of hydrogen-bond donors (Lipinski definition) is 1. The van der Waals surface area contributed by atoms with Gasteiger partial charge < -0.3 is 14.6 Å². The zero-order valence-electron chi connectivity index (χ0n) is 17.3. The molecular formula is C23H24ClN3O3S. The summed E-state index contributed by atoms with van der Waals surface area (Å²) in [7, 11) is 0. The molecule has 1 aliphatic rings. The lowest BCUT2D eigenvalue weighted by Gasteiger charge is -2.25. The zero-order chi connectivity index (χ0) is 22.0. The summed E-state index contributed by atoms with van der Waals surface area (Å²) in [4.78, 5) is 30.8. The van der Waals surface area contributed by atoms with Crippen LogP contribution in [0.2, 0.25) is 5.02 Å². The van der Waals surface area contributed by atoms with Gasteiger partial charge in [-0.1, -0.05) is 23.7 Å². The number of ether oxygens (including phenoxy) is 1. The number of likely N-dealkylation sites (tertiary alicyclic amines) is 1. The van der Waals surface area contributed by atoms with E-state index in [2.05, 4.69) is 4.98 Å². The fraction of sp³-hybridized carbons (Fsp3) is 0.348. The first-order valence-corrected chi connectivity index (χ1v) is 11.2. The predicted octanol–water partition coefficient (Wildman–Crippen LogP) is 4.86. The Kier molecular flexibility index (Phi) is 6.43. The summed E-state index contributed by atoms with van der Waals surface area (Å²) in [5.41, 5.74) is 1.49. The van der Waals surface area contributed by atoms with Crippen molar-refractivity contribution in [2.75, 3.05) is 13.2 Å². The molecule has 0 aliphatic carbocycles. The van der Waals surface area contributed by atoms with E-state index in [4.69, 9.17) is 28.6 Å². The van der Waals surface area contributed by atoms with Crippen LogP contribution in [0.3, 0.4) is 0 Å². The average Bonchev–Trinajstić information content (AvgIpc) is 3.24. The largest absolute Gasteiger partial charge is 0.494 e. The molecule has 0 radical (unpaired) electrons. The Morgan fingerprint density at radius 3 is 2.77 bits per heavy atom. The van der Waals surface area contributed by atoms with Crippen LogP contribution in [0.25, 0.3) is 10.9 Å². The number of benzene rings is 2. The number of aromatic amines is 1. The van der Waals surface area contributed by atoms with Gasteiger partial charge in [-0.05, 0) is 67.9 Å². The van der Waals surface area contributed by atoms with Gasteiger partial charge in [0.2, 0.25) is 5.91 Å². The van der Waals surface area contributed by atoms with Crippen LogP contribution in [-0.4, -0.2) is 33.5 Å². The average molecular weight is 458 g/mol. The van der Waals surface area contributed by atoms with Gasteiger partial charge in [0.15, 0.2) is 4.77 Å². The Balaban J connectivity index is 1.50. The topological polar surface area (TPSA) is 67.3 Å². The van der Waals surface area contributed by atoms with Gasteiger partial charge in [0.1, 0.15) is 5.75 Å². The maximum Gasteiger partial charge on any atom is 0.262 e. The molecule has 0 spiro atoms. The third-order valence-electron chi connectivity index (χ3n) is 5.64. The lowest BCUT2D eigenvalue weighted by Crippen LogP contribution is -2.32. The number of carbonyl (C=O) groups excluding carboxylic acids is 1. The van der Waals surface area contributed by atoms with Gasteiger partial charge in [0.05, 0.1) is 23.6 Å². The van der Waals surface area contributed by atoms with Gasteiger partial charge in [-0.3, -0.25) is 14.2 Å². The number of fused-ring (bicyclic) bond motifs is 1. The van der Waals surface area contributed by atoms with Crippen LogP contribution in [0.4, 0.5) is 0 Å². The Morgan fingerprint density at radius 2 is 2.03 bits per heavy atom. The molecule has 4 rings (SSSR count). The third kappa shape index (κ3) is 4.52. The fourth-order valence-corrected chi connectivity index (χ4v) is 4.60. The van der Waals surface area contributed by atoms with Crippen molar-refractivity contribution in [3.63, 3.8) is 0 Å². The van der Waals surface area contributed by atoms with Crippen LogP contribution < -0.4 is 10.3 Å². The summed E-state index contributed by atoms with van der Waals surface area (Å²) in [6, 6.07) is 13.0. The van der Waals surface area contributed by atoms with E-state index in [1.54, 1.807) is 18.2 Å². The molecule has 1 saturated heterocycles. The molecule has 1 N–H and O–H groups in total. The normalized spacial score (nSPS) is 16.1. The van der Waals surface area contributed by atoms with Crippen molar-refractivity contribution in [2.24, 2.45) is 0 Å². The summed E-state index contributed by atoms with van der Waals surface area (Å²) in [6.07, 6.45) is 2.10. The van der Waals surface area contributed by atoms with Crippen molar-refractivity contribution in [3.05, 3.63) is 68.2 Å². The summed E-state index contributed by atoms with van der Waals surface area (Å²) in [5.74, 6) is 0.849. The molecule has 1 aromatic heterocycles. The standard InChI is InChI=1S/C23H24ClN3O3S/c1-2-30-17-8-5-15(6-9-17)20-4-3-12-26(20)21(28)11-13-27-22(29)18-10-7-16(24)14-19(18)25-23(27)31/h5-10,14,20H,2-4,11-13H2,1H3,(H,25,31). The molecule has 1 aliphatic heterocycles. The van der Waals surface area contributed by atoms with E-state index in [0.29, 0.717) is 29.1 Å². The highest BCUT2D eigenvalue weighted by Crippen LogP contribution is 2.33. The molecule has 0 bridgehead atoms. The first-order chi connectivity index (χ1) is 15.0. The van der Waals surface area contributed by atoms with Gasteiger partial charge in [-0.25, -0.2) is 0 Å². The van der Waals surface area contributed by atoms with Crippen LogP contribution >= 0.6 is 23.8 Å². The van der Waals surface area contributed by atoms with E-state index < -0.39 is 0 Å². The van der Waals surface area contributed by atoms with Gasteiger partial charge >= 0.3 is 0 Å². The number of amides is 1. The van der Waals surface area contributed by atoms with Crippen molar-refractivity contribution in [2.45, 2.75) is 38.8 Å². The van der Waals surface area contributed by atoms with E-state index in [0.717, 1.165) is 24.2 Å². The van der Waals surface area contributed by atoms with Gasteiger partial charge in [-0.2, -0.15) is 0 Å². The summed E-state index contributed by atoms with van der Waals surface area (Å²) in [5, 5.41) is 1.03. The molecule has 31 heavy (non-hydrogen) atoms. The minimum atomic E-state index is -0.215. The van der Waals surface area contributed by atoms with Crippen LogP contribution in [0.1, 0.15) is 37.8 Å². The molecule has 2 aromatic carbocycles. The number of H-pyrrole nitrogens is 1. The lowest BCUT2D eigenvalue weighted by molar-refractivity contribution is -0.132. The Hall–Kier alpha value is -2.64. The summed E-state index contributed by atoms with van der Waals surface area (Å²) in [6.45, 7) is 3.52. The molecule has 1 atom stereocenters. The highest BCUT2D eigenvalue weighted by molar-refractivity contribution is 7.71. The molecule has 1 unspecified atom stereocenters. The van der Waals surface area contributed by atoms with Crippen LogP contribution in [-0.2, 0) is 11.3 Å². The second kappa shape index (κ2) is 9.24. The number of hydrogen-bond acceptors (Lipinski definition) is 4. The van der Waals surface area contributed by atoms with Gasteiger partial charge in [0, 0.05) is 24.5 Å². The lowest BCUT2D eigenvalue weighted by atomic mass is 10.0. The second-order valence-corrected chi connectivity index (χ2v) is 8.40. The number of carbonyl (C=O) groups is 1. The molecule has 8 heteroatoms. The number of rotatable bonds is 6. The number of nitrogens with one attached hydrogen (secondary N) is 1. The van der Waals surface area contributed by atoms with Crippen LogP contribution in [0.5, 0.6) is 5.75 Å². The Labute approximate surface area is 190 Å². The summed E-state index contributed by atoms with van der Waals surface area (Å²) >= 11 is 11.4. The smallest absolute Gasteiger partial charge is 0.262 e. The maximum absolute atomic E-state index is 13.0.